The average molecular weight is 768 g/mol. The van der Waals surface area contributed by atoms with Crippen LogP contribution in [0.4, 0.5) is 17.1 Å². The van der Waals surface area contributed by atoms with Crippen molar-refractivity contribution in [1.82, 2.24) is 0 Å². The zero-order valence-corrected chi connectivity index (χ0v) is 33.6. The highest BCUT2D eigenvalue weighted by Crippen LogP contribution is 2.59. The molecule has 0 spiro atoms. The minimum absolute atomic E-state index is 0.141. The summed E-state index contributed by atoms with van der Waals surface area (Å²) in [6, 6.07) is 77.9. The van der Waals surface area contributed by atoms with E-state index in [2.05, 4.69) is 231 Å². The first-order chi connectivity index (χ1) is 29.5. The van der Waals surface area contributed by atoms with Gasteiger partial charge < -0.3 is 9.32 Å². The summed E-state index contributed by atoms with van der Waals surface area (Å²) in [5.74, 6) is 0. The number of hydrogen-bond donors (Lipinski definition) is 0. The van der Waals surface area contributed by atoms with Gasteiger partial charge in [0.25, 0.3) is 0 Å². The Morgan fingerprint density at radius 2 is 0.883 bits per heavy atom. The summed E-state index contributed by atoms with van der Waals surface area (Å²) < 4.78 is 6.91. The number of rotatable bonds is 6. The van der Waals surface area contributed by atoms with E-state index >= 15 is 0 Å². The average Bonchev–Trinajstić information content (AvgIpc) is 3.91. The SMILES string of the molecule is CC1(C)c2ccccc2-c2ccc(N(c3ccc(-c4ccccc4)cc3)c3ccc4c(c3)C(c3ccccc3)(c3cccc5c3oc3ccccc35)c3ccccc3-4)cc21. The van der Waals surface area contributed by atoms with Gasteiger partial charge in [-0.05, 0) is 104 Å². The molecule has 1 aromatic heterocycles. The fourth-order valence-electron chi connectivity index (χ4n) is 10.6. The lowest BCUT2D eigenvalue weighted by Gasteiger charge is -2.35. The Labute approximate surface area is 350 Å². The van der Waals surface area contributed by atoms with E-state index in [0.717, 1.165) is 44.6 Å². The second kappa shape index (κ2) is 13.0. The van der Waals surface area contributed by atoms with E-state index in [1.54, 1.807) is 0 Å². The zero-order chi connectivity index (χ0) is 40.0. The number of para-hydroxylation sites is 2. The van der Waals surface area contributed by atoms with Crippen molar-refractivity contribution in [2.45, 2.75) is 24.7 Å². The molecule has 2 heteroatoms. The number of fused-ring (bicyclic) bond motifs is 9. The fourth-order valence-corrected chi connectivity index (χ4v) is 10.6. The first-order valence-electron chi connectivity index (χ1n) is 20.9. The summed E-state index contributed by atoms with van der Waals surface area (Å²) in [6.07, 6.45) is 0. The molecule has 9 aromatic carbocycles. The Kier molecular flexibility index (Phi) is 7.52. The minimum Gasteiger partial charge on any atom is -0.456 e. The highest BCUT2D eigenvalue weighted by Gasteiger charge is 2.48. The predicted octanol–water partition coefficient (Wildman–Crippen LogP) is 15.4. The maximum Gasteiger partial charge on any atom is 0.140 e. The fraction of sp³-hybridized carbons (Fsp3) is 0.0690. The summed E-state index contributed by atoms with van der Waals surface area (Å²) in [6.45, 7) is 4.72. The minimum atomic E-state index is -0.666. The first kappa shape index (κ1) is 34.6. The van der Waals surface area contributed by atoms with Crippen LogP contribution in [0.15, 0.2) is 217 Å². The molecular formula is C58H41NO. The maximum atomic E-state index is 6.91. The Hall–Kier alpha value is -7.42. The topological polar surface area (TPSA) is 16.4 Å². The van der Waals surface area contributed by atoms with E-state index in [4.69, 9.17) is 4.42 Å². The van der Waals surface area contributed by atoms with Gasteiger partial charge in [0.05, 0.1) is 5.41 Å². The van der Waals surface area contributed by atoms with Crippen LogP contribution in [-0.2, 0) is 10.8 Å². The number of furan rings is 1. The largest absolute Gasteiger partial charge is 0.456 e. The van der Waals surface area contributed by atoms with Crippen LogP contribution in [0.1, 0.15) is 47.2 Å². The van der Waals surface area contributed by atoms with Crippen molar-refractivity contribution in [3.8, 4) is 33.4 Å². The summed E-state index contributed by atoms with van der Waals surface area (Å²) in [7, 11) is 0. The molecule has 284 valence electrons. The van der Waals surface area contributed by atoms with Gasteiger partial charge in [-0.15, -0.1) is 0 Å². The highest BCUT2D eigenvalue weighted by atomic mass is 16.3. The van der Waals surface area contributed by atoms with Crippen LogP contribution in [0.5, 0.6) is 0 Å². The normalized spacial score (nSPS) is 15.7. The third-order valence-corrected chi connectivity index (χ3v) is 13.4. The van der Waals surface area contributed by atoms with Crippen LogP contribution in [0, 0.1) is 0 Å². The van der Waals surface area contributed by atoms with Crippen molar-refractivity contribution in [2.75, 3.05) is 4.90 Å². The van der Waals surface area contributed by atoms with Gasteiger partial charge in [0.15, 0.2) is 0 Å². The summed E-state index contributed by atoms with van der Waals surface area (Å²) in [5, 5.41) is 2.26. The smallest absolute Gasteiger partial charge is 0.140 e. The molecule has 12 rings (SSSR count). The van der Waals surface area contributed by atoms with Crippen molar-refractivity contribution < 1.29 is 4.42 Å². The number of nitrogens with zero attached hydrogens (tertiary/aromatic N) is 1. The van der Waals surface area contributed by atoms with Crippen molar-refractivity contribution in [1.29, 1.82) is 0 Å². The predicted molar refractivity (Wildman–Crippen MR) is 249 cm³/mol. The third kappa shape index (κ3) is 4.88. The lowest BCUT2D eigenvalue weighted by atomic mass is 9.67. The van der Waals surface area contributed by atoms with Gasteiger partial charge in [-0.25, -0.2) is 0 Å². The van der Waals surface area contributed by atoms with Gasteiger partial charge in [0.2, 0.25) is 0 Å². The molecule has 0 amide bonds. The Morgan fingerprint density at radius 1 is 0.367 bits per heavy atom. The molecule has 0 radical (unpaired) electrons. The molecule has 10 aromatic rings. The molecule has 0 N–H and O–H groups in total. The van der Waals surface area contributed by atoms with Crippen molar-refractivity contribution in [3.05, 3.63) is 246 Å². The second-order valence-corrected chi connectivity index (χ2v) is 16.8. The van der Waals surface area contributed by atoms with Gasteiger partial charge in [-0.1, -0.05) is 184 Å². The van der Waals surface area contributed by atoms with E-state index in [-0.39, 0.29) is 5.41 Å². The van der Waals surface area contributed by atoms with Crippen LogP contribution in [-0.4, -0.2) is 0 Å². The molecular weight excluding hydrogens is 727 g/mol. The number of anilines is 3. The van der Waals surface area contributed by atoms with E-state index in [9.17, 15) is 0 Å². The first-order valence-corrected chi connectivity index (χ1v) is 20.9. The molecule has 2 aliphatic carbocycles. The monoisotopic (exact) mass is 767 g/mol. The lowest BCUT2D eigenvalue weighted by Crippen LogP contribution is -2.29. The molecule has 60 heavy (non-hydrogen) atoms. The molecule has 0 bridgehead atoms. The Morgan fingerprint density at radius 3 is 1.63 bits per heavy atom. The van der Waals surface area contributed by atoms with Crippen LogP contribution in [0.3, 0.4) is 0 Å². The van der Waals surface area contributed by atoms with Crippen LogP contribution < -0.4 is 4.90 Å². The second-order valence-electron chi connectivity index (χ2n) is 16.8. The van der Waals surface area contributed by atoms with E-state index in [1.807, 2.05) is 0 Å². The summed E-state index contributed by atoms with van der Waals surface area (Å²) in [5.41, 5.74) is 19.4. The van der Waals surface area contributed by atoms with E-state index in [1.165, 1.54) is 61.2 Å². The van der Waals surface area contributed by atoms with Gasteiger partial charge in [-0.3, -0.25) is 0 Å². The quantitative estimate of drug-likeness (QED) is 0.168. The molecule has 1 atom stereocenters. The number of hydrogen-bond acceptors (Lipinski definition) is 2. The summed E-state index contributed by atoms with van der Waals surface area (Å²) >= 11 is 0. The maximum absolute atomic E-state index is 6.91. The molecule has 2 nitrogen and oxygen atoms in total. The van der Waals surface area contributed by atoms with Crippen LogP contribution >= 0.6 is 0 Å². The summed E-state index contributed by atoms with van der Waals surface area (Å²) in [4.78, 5) is 2.45. The Bertz CT molecular complexity index is 3280. The Balaban J connectivity index is 1.13. The third-order valence-electron chi connectivity index (χ3n) is 13.4. The molecule has 0 saturated carbocycles. The molecule has 2 aliphatic rings. The molecule has 1 unspecified atom stereocenters. The molecule has 1 heterocycles. The lowest BCUT2D eigenvalue weighted by molar-refractivity contribution is 0.648. The molecule has 0 fully saturated rings. The zero-order valence-electron chi connectivity index (χ0n) is 33.6. The van der Waals surface area contributed by atoms with Gasteiger partial charge in [0, 0.05) is 38.8 Å². The molecule has 0 saturated heterocycles. The van der Waals surface area contributed by atoms with Gasteiger partial charge in [0.1, 0.15) is 11.2 Å². The van der Waals surface area contributed by atoms with Gasteiger partial charge in [-0.2, -0.15) is 0 Å². The standard InChI is InChI=1S/C58H41NO/c1-57(2)50-24-12-9-20-44(50)46-34-32-42(36-53(46)57)59(41-30-28-39(29-31-41)38-16-5-3-6-17-38)43-33-35-47-45-21-10-13-25-51(45)58(54(47)37-43,40-18-7-4-8-19-40)52-26-15-23-49-48-22-11-14-27-55(48)60-56(49)52/h3-37H,1-2H3. The van der Waals surface area contributed by atoms with E-state index < -0.39 is 5.41 Å². The highest BCUT2D eigenvalue weighted by molar-refractivity contribution is 6.07. The van der Waals surface area contributed by atoms with Crippen molar-refractivity contribution in [3.63, 3.8) is 0 Å². The van der Waals surface area contributed by atoms with Crippen molar-refractivity contribution in [2.24, 2.45) is 0 Å². The van der Waals surface area contributed by atoms with Crippen LogP contribution in [0.25, 0.3) is 55.3 Å². The van der Waals surface area contributed by atoms with Crippen molar-refractivity contribution >= 4 is 39.0 Å². The van der Waals surface area contributed by atoms with E-state index in [0.29, 0.717) is 0 Å². The van der Waals surface area contributed by atoms with Gasteiger partial charge >= 0.3 is 0 Å². The number of benzene rings is 9. The van der Waals surface area contributed by atoms with Crippen LogP contribution in [0.2, 0.25) is 0 Å². The molecule has 0 aliphatic heterocycles.